The van der Waals surface area contributed by atoms with Gasteiger partial charge < -0.3 is 20.1 Å². The summed E-state index contributed by atoms with van der Waals surface area (Å²) in [5.41, 5.74) is -0.438. The summed E-state index contributed by atoms with van der Waals surface area (Å²) in [6.45, 7) is 7.16. The van der Waals surface area contributed by atoms with E-state index in [0.29, 0.717) is 39.1 Å². The van der Waals surface area contributed by atoms with E-state index in [1.165, 1.54) is 0 Å². The molecule has 0 bridgehead atoms. The Kier molecular flexibility index (Phi) is 4.05. The Hall–Kier alpha value is -2.18. The van der Waals surface area contributed by atoms with E-state index in [-0.39, 0.29) is 18.0 Å². The molecule has 1 aliphatic carbocycles. The Morgan fingerprint density at radius 3 is 2.12 bits per heavy atom. The molecule has 0 saturated heterocycles. The minimum atomic E-state index is -1.71. The highest BCUT2D eigenvalue weighted by Crippen LogP contribution is 2.54. The average Bonchev–Trinajstić information content (AvgIpc) is 2.63. The third kappa shape index (κ3) is 1.94. The number of Topliss-reactive ketones (excluding diaryl/α,β-unsaturated/α-hetero) is 2. The van der Waals surface area contributed by atoms with Crippen molar-refractivity contribution in [2.75, 3.05) is 6.61 Å². The van der Waals surface area contributed by atoms with Gasteiger partial charge >= 0.3 is 0 Å². The summed E-state index contributed by atoms with van der Waals surface area (Å²) in [6, 6.07) is 0. The molecule has 0 saturated carbocycles. The van der Waals surface area contributed by atoms with Crippen LogP contribution in [0.25, 0.3) is 0 Å². The quantitative estimate of drug-likeness (QED) is 0.741. The fraction of sp³-hybridized carbons (Fsp3) is 0.500. The largest absolute Gasteiger partial charge is 0.507 e. The van der Waals surface area contributed by atoms with E-state index in [9.17, 15) is 24.9 Å². The number of allylic oxidation sites excluding steroid dienone is 1. The van der Waals surface area contributed by atoms with Gasteiger partial charge in [-0.25, -0.2) is 0 Å². The lowest BCUT2D eigenvalue weighted by molar-refractivity contribution is -0.164. The SMILES string of the molecule is CC1=C(C)C(=O)[C@@]2(C)Cc3c(CO)c(O)c(C)c(C)c3O[C@@]2(CO)C1=O. The summed E-state index contributed by atoms with van der Waals surface area (Å²) in [5.74, 6) is -0.355. The number of fused-ring (bicyclic) bond motifs is 2. The van der Waals surface area contributed by atoms with Crippen LogP contribution in [0.5, 0.6) is 11.5 Å². The van der Waals surface area contributed by atoms with E-state index in [1.807, 2.05) is 0 Å². The highest BCUT2D eigenvalue weighted by atomic mass is 16.5. The lowest BCUT2D eigenvalue weighted by Gasteiger charge is -2.52. The number of carbonyl (C=O) groups is 2. The van der Waals surface area contributed by atoms with Gasteiger partial charge in [0.05, 0.1) is 18.6 Å². The Morgan fingerprint density at radius 1 is 1.00 bits per heavy atom. The third-order valence-corrected chi connectivity index (χ3v) is 6.37. The van der Waals surface area contributed by atoms with Crippen molar-refractivity contribution in [3.05, 3.63) is 33.4 Å². The maximum Gasteiger partial charge on any atom is 0.206 e. The summed E-state index contributed by atoms with van der Waals surface area (Å²) in [4.78, 5) is 26.2. The average molecular weight is 360 g/mol. The summed E-state index contributed by atoms with van der Waals surface area (Å²) in [5, 5.41) is 30.4. The monoisotopic (exact) mass is 360 g/mol. The van der Waals surface area contributed by atoms with E-state index in [2.05, 4.69) is 0 Å². The molecule has 3 N–H and O–H groups in total. The molecule has 1 aromatic rings. The molecule has 1 heterocycles. The number of carbonyl (C=O) groups excluding carboxylic acids is 2. The number of aromatic hydroxyl groups is 1. The van der Waals surface area contributed by atoms with Gasteiger partial charge in [-0.2, -0.15) is 0 Å². The lowest BCUT2D eigenvalue weighted by Crippen LogP contribution is -2.68. The molecule has 0 spiro atoms. The number of hydrogen-bond acceptors (Lipinski definition) is 6. The third-order valence-electron chi connectivity index (χ3n) is 6.37. The first-order chi connectivity index (χ1) is 12.1. The second kappa shape index (κ2) is 5.66. The van der Waals surface area contributed by atoms with Crippen molar-refractivity contribution in [3.8, 4) is 11.5 Å². The molecule has 140 valence electrons. The molecule has 2 atom stereocenters. The maximum absolute atomic E-state index is 13.1. The summed E-state index contributed by atoms with van der Waals surface area (Å²) in [6.07, 6.45) is 0.0860. The van der Waals surface area contributed by atoms with Crippen molar-refractivity contribution in [1.82, 2.24) is 0 Å². The van der Waals surface area contributed by atoms with Crippen molar-refractivity contribution in [3.63, 3.8) is 0 Å². The summed E-state index contributed by atoms with van der Waals surface area (Å²) in [7, 11) is 0. The van der Waals surface area contributed by atoms with E-state index >= 15 is 0 Å². The second-order valence-electron chi connectivity index (χ2n) is 7.55. The minimum absolute atomic E-state index is 0.0366. The second-order valence-corrected chi connectivity index (χ2v) is 7.55. The van der Waals surface area contributed by atoms with Crippen LogP contribution in [-0.2, 0) is 22.6 Å². The van der Waals surface area contributed by atoms with Gasteiger partial charge in [-0.05, 0) is 57.7 Å². The van der Waals surface area contributed by atoms with Crippen LogP contribution in [0, 0.1) is 19.3 Å². The van der Waals surface area contributed by atoms with Gasteiger partial charge in [0.1, 0.15) is 11.5 Å². The molecular formula is C20H24O6. The molecule has 3 rings (SSSR count). The number of hydrogen-bond donors (Lipinski definition) is 3. The van der Waals surface area contributed by atoms with E-state index in [4.69, 9.17) is 4.74 Å². The van der Waals surface area contributed by atoms with E-state index in [1.54, 1.807) is 34.6 Å². The van der Waals surface area contributed by atoms with Crippen LogP contribution >= 0.6 is 0 Å². The number of rotatable bonds is 2. The van der Waals surface area contributed by atoms with Crippen LogP contribution < -0.4 is 4.74 Å². The molecule has 2 aliphatic rings. The topological polar surface area (TPSA) is 104 Å². The molecule has 0 unspecified atom stereocenters. The Labute approximate surface area is 152 Å². The molecular weight excluding hydrogens is 336 g/mol. The van der Waals surface area contributed by atoms with Gasteiger partial charge in [-0.15, -0.1) is 0 Å². The zero-order valence-electron chi connectivity index (χ0n) is 15.7. The van der Waals surface area contributed by atoms with Gasteiger partial charge in [-0.3, -0.25) is 9.59 Å². The van der Waals surface area contributed by atoms with Crippen molar-refractivity contribution >= 4 is 11.6 Å². The first kappa shape index (κ1) is 18.6. The smallest absolute Gasteiger partial charge is 0.206 e. The Balaban J connectivity index is 2.38. The first-order valence-electron chi connectivity index (χ1n) is 8.59. The number of aliphatic hydroxyl groups excluding tert-OH is 2. The lowest BCUT2D eigenvalue weighted by atomic mass is 9.57. The maximum atomic E-state index is 13.1. The van der Waals surface area contributed by atoms with Crippen molar-refractivity contribution in [1.29, 1.82) is 0 Å². The number of ether oxygens (including phenoxy) is 1. The number of phenols is 1. The van der Waals surface area contributed by atoms with Crippen LogP contribution in [0.2, 0.25) is 0 Å². The molecule has 0 amide bonds. The predicted octanol–water partition coefficient (Wildman–Crippen LogP) is 1.66. The standard InChI is InChI=1S/C20H24O6/c1-9-10(2)16-13(14(7-21)15(9)23)6-19(5)17(24)11(3)12(4)18(25)20(19,8-22)26-16/h21-23H,6-8H2,1-5H3/t19-,20+/m1/s1. The van der Waals surface area contributed by atoms with Crippen molar-refractivity contribution in [2.45, 2.75) is 53.2 Å². The van der Waals surface area contributed by atoms with Crippen LogP contribution in [-0.4, -0.2) is 39.1 Å². The van der Waals surface area contributed by atoms with Gasteiger partial charge in [0.2, 0.25) is 11.4 Å². The van der Waals surface area contributed by atoms with Gasteiger partial charge in [-0.1, -0.05) is 0 Å². The van der Waals surface area contributed by atoms with Crippen LogP contribution in [0.4, 0.5) is 0 Å². The highest BCUT2D eigenvalue weighted by Gasteiger charge is 2.65. The first-order valence-corrected chi connectivity index (χ1v) is 8.59. The number of aliphatic hydroxyl groups is 2. The Bertz CT molecular complexity index is 881. The van der Waals surface area contributed by atoms with Crippen LogP contribution in [0.15, 0.2) is 11.1 Å². The van der Waals surface area contributed by atoms with Crippen LogP contribution in [0.1, 0.15) is 43.0 Å². The fourth-order valence-corrected chi connectivity index (χ4v) is 4.26. The van der Waals surface area contributed by atoms with E-state index in [0.717, 1.165) is 0 Å². The van der Waals surface area contributed by atoms with Crippen LogP contribution in [0.3, 0.4) is 0 Å². The summed E-state index contributed by atoms with van der Waals surface area (Å²) < 4.78 is 6.11. The van der Waals surface area contributed by atoms with Crippen molar-refractivity contribution in [2.24, 2.45) is 5.41 Å². The molecule has 6 heteroatoms. The zero-order chi connectivity index (χ0) is 19.6. The number of ketones is 2. The number of benzene rings is 1. The normalized spacial score (nSPS) is 28.0. The zero-order valence-corrected chi connectivity index (χ0v) is 15.7. The Morgan fingerprint density at radius 2 is 1.58 bits per heavy atom. The molecule has 1 aliphatic heterocycles. The summed E-state index contributed by atoms with van der Waals surface area (Å²) >= 11 is 0. The highest BCUT2D eigenvalue weighted by molar-refractivity contribution is 6.18. The molecule has 26 heavy (non-hydrogen) atoms. The molecule has 0 radical (unpaired) electrons. The molecule has 0 fully saturated rings. The predicted molar refractivity (Wildman–Crippen MR) is 94.1 cm³/mol. The van der Waals surface area contributed by atoms with E-state index < -0.39 is 30.0 Å². The van der Waals surface area contributed by atoms with Gasteiger partial charge in [0, 0.05) is 16.7 Å². The van der Waals surface area contributed by atoms with Gasteiger partial charge in [0.15, 0.2) is 5.78 Å². The minimum Gasteiger partial charge on any atom is -0.507 e. The molecule has 6 nitrogen and oxygen atoms in total. The fourth-order valence-electron chi connectivity index (χ4n) is 4.26. The molecule has 0 aromatic heterocycles. The van der Waals surface area contributed by atoms with Gasteiger partial charge in [0.25, 0.3) is 0 Å². The van der Waals surface area contributed by atoms with Crippen molar-refractivity contribution < 1.29 is 29.6 Å². The molecule has 1 aromatic carbocycles.